The zero-order chi connectivity index (χ0) is 13.1. The SMILES string of the molecule is Cc1ccccc1C1CC(C)N(CCC(=O)O)C1. The number of hydrogen-bond acceptors (Lipinski definition) is 2. The second-order valence-electron chi connectivity index (χ2n) is 5.28. The van der Waals surface area contributed by atoms with Gasteiger partial charge in [0.25, 0.3) is 0 Å². The largest absolute Gasteiger partial charge is 0.481 e. The van der Waals surface area contributed by atoms with Gasteiger partial charge in [0.1, 0.15) is 0 Å². The highest BCUT2D eigenvalue weighted by Crippen LogP contribution is 2.33. The van der Waals surface area contributed by atoms with Gasteiger partial charge in [-0.1, -0.05) is 24.3 Å². The summed E-state index contributed by atoms with van der Waals surface area (Å²) in [6.45, 7) is 6.00. The molecule has 1 N–H and O–H groups in total. The number of aryl methyl sites for hydroxylation is 1. The Morgan fingerprint density at radius 2 is 2.17 bits per heavy atom. The van der Waals surface area contributed by atoms with Gasteiger partial charge in [-0.2, -0.15) is 0 Å². The van der Waals surface area contributed by atoms with Crippen molar-refractivity contribution < 1.29 is 9.90 Å². The van der Waals surface area contributed by atoms with Crippen molar-refractivity contribution >= 4 is 5.97 Å². The van der Waals surface area contributed by atoms with Crippen LogP contribution < -0.4 is 0 Å². The molecule has 1 saturated heterocycles. The van der Waals surface area contributed by atoms with Crippen molar-refractivity contribution in [1.29, 1.82) is 0 Å². The Hall–Kier alpha value is -1.35. The maximum Gasteiger partial charge on any atom is 0.304 e. The van der Waals surface area contributed by atoms with Crippen LogP contribution in [0.25, 0.3) is 0 Å². The van der Waals surface area contributed by atoms with E-state index in [2.05, 4.69) is 43.0 Å². The van der Waals surface area contributed by atoms with E-state index in [0.29, 0.717) is 18.5 Å². The van der Waals surface area contributed by atoms with E-state index in [1.54, 1.807) is 0 Å². The summed E-state index contributed by atoms with van der Waals surface area (Å²) in [5.74, 6) is -0.156. The molecule has 18 heavy (non-hydrogen) atoms. The average molecular weight is 247 g/mol. The lowest BCUT2D eigenvalue weighted by atomic mass is 9.93. The Morgan fingerprint density at radius 3 is 2.83 bits per heavy atom. The minimum absolute atomic E-state index is 0.241. The molecule has 1 aliphatic heterocycles. The summed E-state index contributed by atoms with van der Waals surface area (Å²) >= 11 is 0. The van der Waals surface area contributed by atoms with E-state index in [0.717, 1.165) is 13.0 Å². The molecule has 3 nitrogen and oxygen atoms in total. The van der Waals surface area contributed by atoms with Gasteiger partial charge in [-0.3, -0.25) is 9.69 Å². The lowest BCUT2D eigenvalue weighted by Crippen LogP contribution is -2.29. The molecule has 0 saturated carbocycles. The third-order valence-corrected chi connectivity index (χ3v) is 3.95. The fourth-order valence-electron chi connectivity index (χ4n) is 2.92. The minimum Gasteiger partial charge on any atom is -0.481 e. The average Bonchev–Trinajstić information content (AvgIpc) is 2.68. The summed E-state index contributed by atoms with van der Waals surface area (Å²) in [6, 6.07) is 8.99. The molecule has 1 fully saturated rings. The number of carboxylic acid groups (broad SMARTS) is 1. The maximum atomic E-state index is 10.6. The van der Waals surface area contributed by atoms with E-state index in [1.807, 2.05) is 0 Å². The number of benzene rings is 1. The third-order valence-electron chi connectivity index (χ3n) is 3.95. The smallest absolute Gasteiger partial charge is 0.304 e. The van der Waals surface area contributed by atoms with Crippen LogP contribution in [0.3, 0.4) is 0 Å². The monoisotopic (exact) mass is 247 g/mol. The van der Waals surface area contributed by atoms with Crippen molar-refractivity contribution in [3.05, 3.63) is 35.4 Å². The lowest BCUT2D eigenvalue weighted by Gasteiger charge is -2.19. The van der Waals surface area contributed by atoms with Gasteiger partial charge in [0.15, 0.2) is 0 Å². The zero-order valence-electron chi connectivity index (χ0n) is 11.1. The molecular formula is C15H21NO2. The molecule has 0 spiro atoms. The van der Waals surface area contributed by atoms with E-state index in [-0.39, 0.29) is 6.42 Å². The van der Waals surface area contributed by atoms with Gasteiger partial charge in [0, 0.05) is 19.1 Å². The van der Waals surface area contributed by atoms with Gasteiger partial charge in [-0.25, -0.2) is 0 Å². The predicted octanol–water partition coefficient (Wildman–Crippen LogP) is 2.65. The van der Waals surface area contributed by atoms with Crippen LogP contribution in [0.1, 0.15) is 36.8 Å². The molecule has 1 aliphatic rings. The van der Waals surface area contributed by atoms with Crippen molar-refractivity contribution in [1.82, 2.24) is 4.90 Å². The summed E-state index contributed by atoms with van der Waals surface area (Å²) in [4.78, 5) is 12.9. The first-order chi connectivity index (χ1) is 8.58. The van der Waals surface area contributed by atoms with Crippen molar-refractivity contribution in [2.75, 3.05) is 13.1 Å². The lowest BCUT2D eigenvalue weighted by molar-refractivity contribution is -0.137. The Balaban J connectivity index is 2.02. The first-order valence-corrected chi connectivity index (χ1v) is 6.59. The molecule has 0 aromatic heterocycles. The van der Waals surface area contributed by atoms with E-state index < -0.39 is 5.97 Å². The fraction of sp³-hybridized carbons (Fsp3) is 0.533. The molecule has 2 unspecified atom stereocenters. The Kier molecular flexibility index (Phi) is 4.02. The highest BCUT2D eigenvalue weighted by molar-refractivity contribution is 5.66. The highest BCUT2D eigenvalue weighted by Gasteiger charge is 2.30. The van der Waals surface area contributed by atoms with Crippen LogP contribution in [-0.2, 0) is 4.79 Å². The van der Waals surface area contributed by atoms with Crippen LogP contribution in [0.15, 0.2) is 24.3 Å². The van der Waals surface area contributed by atoms with Gasteiger partial charge in [-0.05, 0) is 37.3 Å². The summed E-state index contributed by atoms with van der Waals surface area (Å²) in [5, 5.41) is 8.76. The Bertz CT molecular complexity index is 430. The van der Waals surface area contributed by atoms with Crippen LogP contribution in [0.2, 0.25) is 0 Å². The molecule has 0 bridgehead atoms. The number of aliphatic carboxylic acids is 1. The third kappa shape index (κ3) is 2.91. The van der Waals surface area contributed by atoms with E-state index >= 15 is 0 Å². The van der Waals surface area contributed by atoms with Crippen LogP contribution >= 0.6 is 0 Å². The number of carboxylic acids is 1. The zero-order valence-corrected chi connectivity index (χ0v) is 11.1. The molecular weight excluding hydrogens is 226 g/mol. The Morgan fingerprint density at radius 1 is 1.44 bits per heavy atom. The first-order valence-electron chi connectivity index (χ1n) is 6.59. The quantitative estimate of drug-likeness (QED) is 0.889. The van der Waals surface area contributed by atoms with E-state index in [9.17, 15) is 4.79 Å². The van der Waals surface area contributed by atoms with Crippen LogP contribution in [0.5, 0.6) is 0 Å². The number of rotatable bonds is 4. The van der Waals surface area contributed by atoms with Crippen molar-refractivity contribution in [2.45, 2.75) is 38.6 Å². The molecule has 1 heterocycles. The molecule has 0 radical (unpaired) electrons. The minimum atomic E-state index is -0.707. The molecule has 98 valence electrons. The van der Waals surface area contributed by atoms with E-state index in [1.165, 1.54) is 11.1 Å². The highest BCUT2D eigenvalue weighted by atomic mass is 16.4. The van der Waals surface area contributed by atoms with Crippen LogP contribution in [0, 0.1) is 6.92 Å². The maximum absolute atomic E-state index is 10.6. The van der Waals surface area contributed by atoms with Gasteiger partial charge in [0.2, 0.25) is 0 Å². The molecule has 1 aromatic carbocycles. The normalized spacial score (nSPS) is 24.3. The summed E-state index contributed by atoms with van der Waals surface area (Å²) < 4.78 is 0. The van der Waals surface area contributed by atoms with Crippen molar-refractivity contribution in [3.63, 3.8) is 0 Å². The molecule has 3 heteroatoms. The molecule has 0 aliphatic carbocycles. The van der Waals surface area contributed by atoms with E-state index in [4.69, 9.17) is 5.11 Å². The van der Waals surface area contributed by atoms with Crippen molar-refractivity contribution in [3.8, 4) is 0 Å². The second kappa shape index (κ2) is 5.53. The van der Waals surface area contributed by atoms with Crippen molar-refractivity contribution in [2.24, 2.45) is 0 Å². The topological polar surface area (TPSA) is 40.5 Å². The Labute approximate surface area is 108 Å². The summed E-state index contributed by atoms with van der Waals surface area (Å²) in [7, 11) is 0. The standard InChI is InChI=1S/C15H21NO2/c1-11-5-3-4-6-14(11)13-9-12(2)16(10-13)8-7-15(17)18/h3-6,12-13H,7-10H2,1-2H3,(H,17,18). The van der Waals surface area contributed by atoms with Crippen LogP contribution in [0.4, 0.5) is 0 Å². The molecule has 0 amide bonds. The number of carbonyl (C=O) groups is 1. The van der Waals surface area contributed by atoms with Gasteiger partial charge >= 0.3 is 5.97 Å². The summed E-state index contributed by atoms with van der Waals surface area (Å²) in [6.07, 6.45) is 1.37. The number of hydrogen-bond donors (Lipinski definition) is 1. The first kappa shape index (κ1) is 13.1. The van der Waals surface area contributed by atoms with Crippen LogP contribution in [-0.4, -0.2) is 35.1 Å². The van der Waals surface area contributed by atoms with Gasteiger partial charge < -0.3 is 5.11 Å². The number of likely N-dealkylation sites (tertiary alicyclic amines) is 1. The predicted molar refractivity (Wildman–Crippen MR) is 71.8 cm³/mol. The fourth-order valence-corrected chi connectivity index (χ4v) is 2.92. The van der Waals surface area contributed by atoms with Gasteiger partial charge in [-0.15, -0.1) is 0 Å². The molecule has 2 atom stereocenters. The summed E-state index contributed by atoms with van der Waals surface area (Å²) in [5.41, 5.74) is 2.76. The molecule has 1 aromatic rings. The second-order valence-corrected chi connectivity index (χ2v) is 5.28. The molecule has 2 rings (SSSR count). The number of nitrogens with zero attached hydrogens (tertiary/aromatic N) is 1. The van der Waals surface area contributed by atoms with Gasteiger partial charge in [0.05, 0.1) is 6.42 Å².